The fourth-order valence-electron chi connectivity index (χ4n) is 1.18. The standard InChI is InChI=1S/C9H7F3N4O/c10-9(11,12)7-1-2-16(15-7)8-4-13-3-6(5-17)14-8/h1-4,17H,5H2. The highest BCUT2D eigenvalue weighted by atomic mass is 19.4. The monoisotopic (exact) mass is 244 g/mol. The molecule has 2 aromatic heterocycles. The van der Waals surface area contributed by atoms with Gasteiger partial charge in [-0.15, -0.1) is 0 Å². The first-order valence-electron chi connectivity index (χ1n) is 4.56. The predicted octanol–water partition coefficient (Wildman–Crippen LogP) is 1.17. The van der Waals surface area contributed by atoms with E-state index in [1.54, 1.807) is 0 Å². The van der Waals surface area contributed by atoms with Gasteiger partial charge in [0, 0.05) is 6.20 Å². The SMILES string of the molecule is OCc1cncc(-n2ccc(C(F)(F)F)n2)n1. The first-order chi connectivity index (χ1) is 8.00. The number of aromatic nitrogens is 4. The average molecular weight is 244 g/mol. The smallest absolute Gasteiger partial charge is 0.390 e. The maximum atomic E-state index is 12.3. The average Bonchev–Trinajstić information content (AvgIpc) is 2.78. The lowest BCUT2D eigenvalue weighted by molar-refractivity contribution is -0.141. The van der Waals surface area contributed by atoms with Crippen LogP contribution in [0.25, 0.3) is 5.82 Å². The molecule has 1 N–H and O–H groups in total. The largest absolute Gasteiger partial charge is 0.435 e. The molecule has 5 nitrogen and oxygen atoms in total. The molecule has 0 spiro atoms. The van der Waals surface area contributed by atoms with Crippen molar-refractivity contribution in [2.24, 2.45) is 0 Å². The van der Waals surface area contributed by atoms with E-state index in [9.17, 15) is 13.2 Å². The molecule has 2 aromatic rings. The van der Waals surface area contributed by atoms with E-state index in [1.807, 2.05) is 0 Å². The van der Waals surface area contributed by atoms with Crippen molar-refractivity contribution in [3.8, 4) is 5.82 Å². The zero-order valence-electron chi connectivity index (χ0n) is 8.39. The molecule has 0 amide bonds. The van der Waals surface area contributed by atoms with E-state index in [2.05, 4.69) is 15.1 Å². The van der Waals surface area contributed by atoms with Crippen molar-refractivity contribution in [2.75, 3.05) is 0 Å². The lowest BCUT2D eigenvalue weighted by Gasteiger charge is -2.02. The van der Waals surface area contributed by atoms with Crippen molar-refractivity contribution in [1.29, 1.82) is 0 Å². The zero-order valence-corrected chi connectivity index (χ0v) is 8.39. The van der Waals surface area contributed by atoms with Crippen LogP contribution in [0.2, 0.25) is 0 Å². The molecule has 8 heteroatoms. The van der Waals surface area contributed by atoms with Gasteiger partial charge in [0.2, 0.25) is 0 Å². The topological polar surface area (TPSA) is 63.8 Å². The molecule has 0 saturated carbocycles. The number of halogens is 3. The van der Waals surface area contributed by atoms with Gasteiger partial charge in [-0.2, -0.15) is 18.3 Å². The minimum atomic E-state index is -4.49. The number of nitrogens with zero attached hydrogens (tertiary/aromatic N) is 4. The summed E-state index contributed by atoms with van der Waals surface area (Å²) in [7, 11) is 0. The lowest BCUT2D eigenvalue weighted by Crippen LogP contribution is -2.08. The third-order valence-electron chi connectivity index (χ3n) is 1.95. The Morgan fingerprint density at radius 3 is 2.65 bits per heavy atom. The third-order valence-corrected chi connectivity index (χ3v) is 1.95. The minimum absolute atomic E-state index is 0.118. The summed E-state index contributed by atoms with van der Waals surface area (Å²) < 4.78 is 37.9. The molecule has 0 aliphatic carbocycles. The van der Waals surface area contributed by atoms with E-state index in [1.165, 1.54) is 12.4 Å². The summed E-state index contributed by atoms with van der Waals surface area (Å²) in [4.78, 5) is 7.62. The maximum Gasteiger partial charge on any atom is 0.435 e. The third kappa shape index (κ3) is 2.41. The number of aliphatic hydroxyl groups excluding tert-OH is 1. The number of hydrogen-bond acceptors (Lipinski definition) is 4. The number of hydrogen-bond donors (Lipinski definition) is 1. The molecule has 17 heavy (non-hydrogen) atoms. The van der Waals surface area contributed by atoms with Gasteiger partial charge in [-0.3, -0.25) is 4.98 Å². The van der Waals surface area contributed by atoms with Gasteiger partial charge < -0.3 is 5.11 Å². The molecular weight excluding hydrogens is 237 g/mol. The molecular formula is C9H7F3N4O. The molecule has 0 radical (unpaired) electrons. The van der Waals surface area contributed by atoms with Crippen LogP contribution in [-0.2, 0) is 12.8 Å². The van der Waals surface area contributed by atoms with Gasteiger partial charge in [0.1, 0.15) is 0 Å². The van der Waals surface area contributed by atoms with Gasteiger partial charge in [0.15, 0.2) is 11.5 Å². The van der Waals surface area contributed by atoms with Crippen molar-refractivity contribution < 1.29 is 18.3 Å². The normalized spacial score (nSPS) is 11.8. The number of aliphatic hydroxyl groups is 1. The summed E-state index contributed by atoms with van der Waals surface area (Å²) in [5, 5.41) is 12.2. The second-order valence-electron chi connectivity index (χ2n) is 3.17. The first-order valence-corrected chi connectivity index (χ1v) is 4.56. The summed E-state index contributed by atoms with van der Waals surface area (Å²) in [5.41, 5.74) is -0.750. The van der Waals surface area contributed by atoms with Crippen molar-refractivity contribution in [3.05, 3.63) is 36.0 Å². The highest BCUT2D eigenvalue weighted by Gasteiger charge is 2.33. The van der Waals surface area contributed by atoms with Crippen LogP contribution in [0.5, 0.6) is 0 Å². The zero-order chi connectivity index (χ0) is 12.5. The van der Waals surface area contributed by atoms with Gasteiger partial charge in [-0.05, 0) is 6.07 Å². The highest BCUT2D eigenvalue weighted by Crippen LogP contribution is 2.27. The predicted molar refractivity (Wildman–Crippen MR) is 50.1 cm³/mol. The Kier molecular flexibility index (Phi) is 2.80. The van der Waals surface area contributed by atoms with Crippen LogP contribution in [0.4, 0.5) is 13.2 Å². The summed E-state index contributed by atoms with van der Waals surface area (Å²) in [5.74, 6) is 0.118. The molecule has 2 rings (SSSR count). The lowest BCUT2D eigenvalue weighted by atomic mass is 10.4. The van der Waals surface area contributed by atoms with Crippen LogP contribution in [0.1, 0.15) is 11.4 Å². The van der Waals surface area contributed by atoms with E-state index in [4.69, 9.17) is 5.11 Å². The van der Waals surface area contributed by atoms with Crippen LogP contribution >= 0.6 is 0 Å². The molecule has 0 aliphatic rings. The maximum absolute atomic E-state index is 12.3. The summed E-state index contributed by atoms with van der Waals surface area (Å²) >= 11 is 0. The molecule has 0 aromatic carbocycles. The Morgan fingerprint density at radius 2 is 2.06 bits per heavy atom. The van der Waals surface area contributed by atoms with Crippen LogP contribution in [0.3, 0.4) is 0 Å². The van der Waals surface area contributed by atoms with Gasteiger partial charge in [-0.1, -0.05) is 0 Å². The molecule has 0 atom stereocenters. The summed E-state index contributed by atoms with van der Waals surface area (Å²) in [6.07, 6.45) is -0.786. The molecule has 0 aliphatic heterocycles. The second-order valence-corrected chi connectivity index (χ2v) is 3.17. The van der Waals surface area contributed by atoms with Gasteiger partial charge in [-0.25, -0.2) is 9.67 Å². The van der Waals surface area contributed by atoms with Crippen LogP contribution in [0, 0.1) is 0 Å². The van der Waals surface area contributed by atoms with E-state index in [0.29, 0.717) is 0 Å². The van der Waals surface area contributed by atoms with E-state index < -0.39 is 11.9 Å². The van der Waals surface area contributed by atoms with Crippen LogP contribution in [-0.4, -0.2) is 24.9 Å². The highest BCUT2D eigenvalue weighted by molar-refractivity contribution is 5.20. The Labute approximate surface area is 93.6 Å². The van der Waals surface area contributed by atoms with Crippen LogP contribution < -0.4 is 0 Å². The number of alkyl halides is 3. The van der Waals surface area contributed by atoms with E-state index >= 15 is 0 Å². The fourth-order valence-corrected chi connectivity index (χ4v) is 1.18. The summed E-state index contributed by atoms with van der Waals surface area (Å²) in [6, 6.07) is 0.841. The Morgan fingerprint density at radius 1 is 1.29 bits per heavy atom. The van der Waals surface area contributed by atoms with Crippen molar-refractivity contribution >= 4 is 0 Å². The van der Waals surface area contributed by atoms with Gasteiger partial charge in [0.25, 0.3) is 0 Å². The quantitative estimate of drug-likeness (QED) is 0.861. The minimum Gasteiger partial charge on any atom is -0.390 e. The van der Waals surface area contributed by atoms with Gasteiger partial charge in [0.05, 0.1) is 24.7 Å². The van der Waals surface area contributed by atoms with Gasteiger partial charge >= 0.3 is 6.18 Å². The molecule has 0 fully saturated rings. The molecule has 0 saturated heterocycles. The Balaban J connectivity index is 2.37. The summed E-state index contributed by atoms with van der Waals surface area (Å²) in [6.45, 7) is -0.339. The number of rotatable bonds is 2. The van der Waals surface area contributed by atoms with Crippen molar-refractivity contribution in [3.63, 3.8) is 0 Å². The van der Waals surface area contributed by atoms with Crippen LogP contribution in [0.15, 0.2) is 24.7 Å². The Hall–Kier alpha value is -1.96. The molecule has 2 heterocycles. The van der Waals surface area contributed by atoms with Crippen molar-refractivity contribution in [2.45, 2.75) is 12.8 Å². The first kappa shape index (κ1) is 11.5. The Bertz CT molecular complexity index is 523. The van der Waals surface area contributed by atoms with E-state index in [-0.39, 0.29) is 18.1 Å². The molecule has 0 unspecified atom stereocenters. The van der Waals surface area contributed by atoms with E-state index in [0.717, 1.165) is 16.9 Å². The van der Waals surface area contributed by atoms with Crippen molar-refractivity contribution in [1.82, 2.24) is 19.7 Å². The second kappa shape index (κ2) is 4.13. The molecule has 0 bridgehead atoms. The molecule has 90 valence electrons. The fraction of sp³-hybridized carbons (Fsp3) is 0.222.